The summed E-state index contributed by atoms with van der Waals surface area (Å²) < 4.78 is 97.2. The molecule has 0 saturated heterocycles. The number of hydrogen-bond acceptors (Lipinski definition) is 4. The van der Waals surface area contributed by atoms with E-state index in [9.17, 15) is 31.4 Å². The minimum atomic E-state index is -6.02. The second-order valence-electron chi connectivity index (χ2n) is 14.6. The molecule has 48 heavy (non-hydrogen) atoms. The fourth-order valence-electron chi connectivity index (χ4n) is 4.25. The lowest BCUT2D eigenvalue weighted by Crippen LogP contribution is -2.55. The molecule has 0 spiro atoms. The molecule has 0 fully saturated rings. The van der Waals surface area contributed by atoms with Crippen molar-refractivity contribution in [3.05, 3.63) is 70.8 Å². The van der Waals surface area contributed by atoms with Gasteiger partial charge in [-0.2, -0.15) is 26.3 Å². The molecular weight excluding hydrogens is 667 g/mol. The summed E-state index contributed by atoms with van der Waals surface area (Å²) in [4.78, 5) is 0. The third-order valence-corrected chi connectivity index (χ3v) is 9.37. The maximum absolute atomic E-state index is 13.0. The lowest BCUT2D eigenvalue weighted by atomic mass is 9.84. The molecule has 0 saturated carbocycles. The van der Waals surface area contributed by atoms with E-state index < -0.39 is 29.2 Å². The van der Waals surface area contributed by atoms with Crippen molar-refractivity contribution in [2.75, 3.05) is 0 Å². The Morgan fingerprint density at radius 3 is 1.75 bits per heavy atom. The number of ether oxygens (including phenoxy) is 1. The van der Waals surface area contributed by atoms with Gasteiger partial charge >= 0.3 is 18.0 Å². The van der Waals surface area contributed by atoms with Crippen LogP contribution in [0.5, 0.6) is 5.75 Å². The number of hydrogen-bond donors (Lipinski definition) is 1. The van der Waals surface area contributed by atoms with E-state index >= 15 is 0 Å². The van der Waals surface area contributed by atoms with Gasteiger partial charge in [0.25, 0.3) is 0 Å². The van der Waals surface area contributed by atoms with Crippen LogP contribution in [0.2, 0.25) is 10.1 Å². The minimum absolute atomic E-state index is 0.00561. The molecule has 4 radical (unpaired) electrons. The van der Waals surface area contributed by atoms with Gasteiger partial charge in [-0.15, -0.1) is 0 Å². The second kappa shape index (κ2) is 15.1. The second-order valence-corrected chi connectivity index (χ2v) is 18.4. The number of rotatable bonds is 11. The van der Waals surface area contributed by atoms with E-state index in [1.54, 1.807) is 37.1 Å². The van der Waals surface area contributed by atoms with Gasteiger partial charge in [-0.1, -0.05) is 78.7 Å². The molecule has 2 aromatic carbocycles. The normalized spacial score (nSPS) is 14.1. The van der Waals surface area contributed by atoms with Gasteiger partial charge in [0.15, 0.2) is 0 Å². The van der Waals surface area contributed by atoms with Crippen molar-refractivity contribution >= 4 is 25.1 Å². The Bertz CT molecular complexity index is 1470. The number of halogens is 6. The zero-order valence-electron chi connectivity index (χ0n) is 29.5. The number of allylic oxidation sites excluding steroid dienone is 2. The van der Waals surface area contributed by atoms with Gasteiger partial charge in [0.1, 0.15) is 12.4 Å². The molecule has 2 rings (SSSR count). The molecule has 0 aliphatic heterocycles. The Morgan fingerprint density at radius 2 is 1.27 bits per heavy atom. The lowest BCUT2D eigenvalue weighted by molar-refractivity contribution is -0.343. The predicted molar refractivity (Wildman–Crippen MR) is 179 cm³/mol. The van der Waals surface area contributed by atoms with Crippen molar-refractivity contribution in [1.29, 1.82) is 0 Å². The highest BCUT2D eigenvalue weighted by atomic mass is 28.2. The molecule has 0 bridgehead atoms. The van der Waals surface area contributed by atoms with Crippen molar-refractivity contribution in [2.24, 2.45) is 0 Å². The predicted octanol–water partition coefficient (Wildman–Crippen LogP) is 10.1. The number of benzene rings is 2. The summed E-state index contributed by atoms with van der Waals surface area (Å²) in [7, 11) is 0.508. The average molecular weight is 713 g/mol. The third-order valence-electron chi connectivity index (χ3n) is 6.92. The highest BCUT2D eigenvalue weighted by molar-refractivity contribution is 6.32. The molecule has 0 atom stereocenters. The zero-order valence-corrected chi connectivity index (χ0v) is 31.5. The summed E-state index contributed by atoms with van der Waals surface area (Å²) in [6, 6.07) is 12.7. The first-order valence-electron chi connectivity index (χ1n) is 15.5. The van der Waals surface area contributed by atoms with E-state index in [1.807, 2.05) is 45.9 Å². The fraction of sp³-hybridized carbons (Fsp3) is 0.556. The fourth-order valence-corrected chi connectivity index (χ4v) is 5.59. The first kappa shape index (κ1) is 41.6. The van der Waals surface area contributed by atoms with Crippen molar-refractivity contribution < 1.29 is 45.0 Å². The molecular formula is C36H46F6O4Si2. The minimum Gasteiger partial charge on any atom is -0.489 e. The van der Waals surface area contributed by atoms with E-state index in [0.29, 0.717) is 16.9 Å². The molecule has 0 unspecified atom stereocenters. The molecule has 2 aromatic rings. The van der Waals surface area contributed by atoms with Gasteiger partial charge < -0.3 is 18.7 Å². The molecule has 0 aliphatic rings. The van der Waals surface area contributed by atoms with Gasteiger partial charge in [0.2, 0.25) is 19.5 Å². The molecule has 0 amide bonds. The molecule has 264 valence electrons. The van der Waals surface area contributed by atoms with Gasteiger partial charge in [0.05, 0.1) is 11.2 Å². The SMILES string of the molecule is CCC(=CC#CC(O)(C(F)(F)F)C(F)(F)F)c1cccc(OCc2ccc(C(C)(C)O[Si]C(C)(C)C)c(C(C)(C)O[Si]C(C)(C)C)c2)c1. The van der Waals surface area contributed by atoms with Crippen LogP contribution < -0.4 is 4.74 Å². The summed E-state index contributed by atoms with van der Waals surface area (Å²) >= 11 is 0. The molecule has 0 aromatic heterocycles. The van der Waals surface area contributed by atoms with Crippen LogP contribution in [-0.4, -0.2) is 42.6 Å². The van der Waals surface area contributed by atoms with Crippen LogP contribution in [-0.2, 0) is 26.7 Å². The Kier molecular flexibility index (Phi) is 13.1. The summed E-state index contributed by atoms with van der Waals surface area (Å²) in [6.07, 6.45) is -10.9. The van der Waals surface area contributed by atoms with Crippen LogP contribution in [0.1, 0.15) is 105 Å². The highest BCUT2D eigenvalue weighted by Gasteiger charge is 2.70. The van der Waals surface area contributed by atoms with Crippen molar-refractivity contribution in [3.8, 4) is 17.6 Å². The van der Waals surface area contributed by atoms with Gasteiger partial charge in [-0.25, -0.2) is 0 Å². The quantitative estimate of drug-likeness (QED) is 0.143. The van der Waals surface area contributed by atoms with Crippen molar-refractivity contribution in [2.45, 2.75) is 128 Å². The topological polar surface area (TPSA) is 47.9 Å². The summed E-state index contributed by atoms with van der Waals surface area (Å²) in [6.45, 7) is 22.8. The number of aliphatic hydroxyl groups is 1. The largest absolute Gasteiger partial charge is 0.489 e. The van der Waals surface area contributed by atoms with Crippen LogP contribution in [0, 0.1) is 11.8 Å². The average Bonchev–Trinajstić information content (AvgIpc) is 2.94. The third kappa shape index (κ3) is 11.5. The van der Waals surface area contributed by atoms with E-state index in [2.05, 4.69) is 41.5 Å². The Labute approximate surface area is 286 Å². The Hall–Kier alpha value is -2.57. The molecule has 4 nitrogen and oxygen atoms in total. The van der Waals surface area contributed by atoms with Crippen LogP contribution in [0.25, 0.3) is 5.57 Å². The van der Waals surface area contributed by atoms with Crippen molar-refractivity contribution in [3.63, 3.8) is 0 Å². The maximum atomic E-state index is 13.0. The Balaban J connectivity index is 2.43. The van der Waals surface area contributed by atoms with Gasteiger partial charge in [0, 0.05) is 0 Å². The first-order valence-corrected chi connectivity index (χ1v) is 17.3. The van der Waals surface area contributed by atoms with Gasteiger partial charge in [-0.05, 0) is 102 Å². The maximum Gasteiger partial charge on any atom is 0.438 e. The van der Waals surface area contributed by atoms with E-state index in [1.165, 1.54) is 0 Å². The monoisotopic (exact) mass is 712 g/mol. The Morgan fingerprint density at radius 1 is 0.750 bits per heavy atom. The summed E-state index contributed by atoms with van der Waals surface area (Å²) in [5.74, 6) is 3.18. The molecule has 0 heterocycles. The molecule has 0 aliphatic carbocycles. The van der Waals surface area contributed by atoms with Crippen LogP contribution >= 0.6 is 0 Å². The standard InChI is InChI=1S/C36H46F6O4Si2/c1-12-25(16-14-20-34(43,35(37,38)39)36(40,41)42)26-15-13-17-27(22-26)44-23-24-18-19-28(32(8,9)45-47-30(2,3)4)29(21-24)33(10,11)46-48-31(5,6)7/h13,15-19,21-22,43H,12,23H2,1-11H3. The van der Waals surface area contributed by atoms with Crippen LogP contribution in [0.15, 0.2) is 48.5 Å². The van der Waals surface area contributed by atoms with Crippen molar-refractivity contribution in [1.82, 2.24) is 0 Å². The lowest BCUT2D eigenvalue weighted by Gasteiger charge is -2.37. The first-order chi connectivity index (χ1) is 21.6. The van der Waals surface area contributed by atoms with Gasteiger partial charge in [-0.3, -0.25) is 0 Å². The molecule has 1 N–H and O–H groups in total. The van der Waals surface area contributed by atoms with E-state index in [4.69, 9.17) is 13.6 Å². The zero-order chi connectivity index (χ0) is 37.0. The summed E-state index contributed by atoms with van der Waals surface area (Å²) in [5.41, 5.74) is -2.73. The van der Waals surface area contributed by atoms with Crippen LogP contribution in [0.3, 0.4) is 0 Å². The smallest absolute Gasteiger partial charge is 0.438 e. The highest BCUT2D eigenvalue weighted by Crippen LogP contribution is 2.43. The van der Waals surface area contributed by atoms with E-state index in [0.717, 1.165) is 28.7 Å². The number of alkyl halides is 6. The van der Waals surface area contributed by atoms with E-state index in [-0.39, 0.29) is 42.6 Å². The summed E-state index contributed by atoms with van der Waals surface area (Å²) in [5, 5.41) is 9.30. The van der Waals surface area contributed by atoms with Crippen LogP contribution in [0.4, 0.5) is 26.3 Å². The molecule has 12 heteroatoms.